The monoisotopic (exact) mass is 281 g/mol. The van der Waals surface area contributed by atoms with Gasteiger partial charge in [0.2, 0.25) is 0 Å². The van der Waals surface area contributed by atoms with Gasteiger partial charge in [0, 0.05) is 38.4 Å². The number of nitrogens with zero attached hydrogens (tertiary/aromatic N) is 3. The minimum absolute atomic E-state index is 0.483. The Morgan fingerprint density at radius 2 is 1.95 bits per heavy atom. The van der Waals surface area contributed by atoms with Crippen LogP contribution in [0.3, 0.4) is 0 Å². The molecule has 0 unspecified atom stereocenters. The zero-order chi connectivity index (χ0) is 14.7. The van der Waals surface area contributed by atoms with Crippen molar-refractivity contribution in [3.05, 3.63) is 59.8 Å². The van der Waals surface area contributed by atoms with Gasteiger partial charge in [0.1, 0.15) is 5.82 Å². The van der Waals surface area contributed by atoms with Crippen molar-refractivity contribution in [1.82, 2.24) is 9.88 Å². The van der Waals surface area contributed by atoms with Crippen LogP contribution >= 0.6 is 0 Å². The van der Waals surface area contributed by atoms with Crippen LogP contribution in [0.1, 0.15) is 30.0 Å². The third kappa shape index (κ3) is 3.08. The second-order valence-electron chi connectivity index (χ2n) is 5.92. The van der Waals surface area contributed by atoms with Crippen LogP contribution in [0.25, 0.3) is 0 Å². The Labute approximate surface area is 127 Å². The number of pyridine rings is 1. The largest absolute Gasteiger partial charge is 0.362 e. The van der Waals surface area contributed by atoms with Crippen LogP contribution in [0.15, 0.2) is 48.7 Å². The number of hydrogen-bond acceptors (Lipinski definition) is 3. The number of anilines is 1. The molecule has 0 radical (unpaired) electrons. The van der Waals surface area contributed by atoms with Crippen LogP contribution in [0.5, 0.6) is 0 Å². The first-order chi connectivity index (χ1) is 10.3. The molecule has 2 heterocycles. The van der Waals surface area contributed by atoms with E-state index in [-0.39, 0.29) is 0 Å². The van der Waals surface area contributed by atoms with Crippen LogP contribution in [0.4, 0.5) is 5.82 Å². The summed E-state index contributed by atoms with van der Waals surface area (Å²) in [4.78, 5) is 9.27. The summed E-state index contributed by atoms with van der Waals surface area (Å²) in [6.07, 6.45) is 4.37. The molecular weight excluding hydrogens is 258 g/mol. The molecule has 0 aliphatic carbocycles. The van der Waals surface area contributed by atoms with E-state index in [4.69, 9.17) is 0 Å². The van der Waals surface area contributed by atoms with Crippen molar-refractivity contribution in [2.24, 2.45) is 0 Å². The maximum atomic E-state index is 4.56. The predicted molar refractivity (Wildman–Crippen MR) is 87.4 cm³/mol. The molecule has 1 saturated heterocycles. The molecule has 110 valence electrons. The molecule has 2 aromatic rings. The van der Waals surface area contributed by atoms with Gasteiger partial charge >= 0.3 is 0 Å². The average Bonchev–Trinajstić information content (AvgIpc) is 2.96. The first-order valence-electron chi connectivity index (χ1n) is 7.66. The SMILES string of the molecule is CN(C)c1ncccc1[C@@H]1CCCN1Cc1ccccc1. The van der Waals surface area contributed by atoms with E-state index in [0.29, 0.717) is 6.04 Å². The molecule has 0 spiro atoms. The smallest absolute Gasteiger partial charge is 0.132 e. The van der Waals surface area contributed by atoms with E-state index in [1.807, 2.05) is 6.20 Å². The van der Waals surface area contributed by atoms with E-state index in [1.54, 1.807) is 0 Å². The van der Waals surface area contributed by atoms with Crippen molar-refractivity contribution in [3.8, 4) is 0 Å². The number of aromatic nitrogens is 1. The van der Waals surface area contributed by atoms with Crippen LogP contribution in [-0.4, -0.2) is 30.5 Å². The van der Waals surface area contributed by atoms with Crippen LogP contribution < -0.4 is 4.90 Å². The first-order valence-corrected chi connectivity index (χ1v) is 7.66. The van der Waals surface area contributed by atoms with E-state index in [1.165, 1.54) is 30.5 Å². The summed E-state index contributed by atoms with van der Waals surface area (Å²) in [6.45, 7) is 2.19. The van der Waals surface area contributed by atoms with Gasteiger partial charge in [-0.15, -0.1) is 0 Å². The minimum atomic E-state index is 0.483. The molecule has 0 bridgehead atoms. The number of likely N-dealkylation sites (tertiary alicyclic amines) is 1. The van der Waals surface area contributed by atoms with E-state index >= 15 is 0 Å². The highest BCUT2D eigenvalue weighted by atomic mass is 15.2. The zero-order valence-corrected chi connectivity index (χ0v) is 12.9. The standard InChI is InChI=1S/C18H23N3/c1-20(2)18-16(10-6-12-19-18)17-11-7-13-21(17)14-15-8-4-3-5-9-15/h3-6,8-10,12,17H,7,11,13-14H2,1-2H3/t17-/m0/s1. The fourth-order valence-corrected chi connectivity index (χ4v) is 3.23. The van der Waals surface area contributed by atoms with Crippen molar-refractivity contribution in [3.63, 3.8) is 0 Å². The summed E-state index contributed by atoms with van der Waals surface area (Å²) in [5.74, 6) is 1.10. The van der Waals surface area contributed by atoms with E-state index in [9.17, 15) is 0 Å². The van der Waals surface area contributed by atoms with Crippen LogP contribution in [-0.2, 0) is 6.54 Å². The molecule has 1 atom stereocenters. The maximum absolute atomic E-state index is 4.56. The third-order valence-corrected chi connectivity index (χ3v) is 4.19. The van der Waals surface area contributed by atoms with E-state index < -0.39 is 0 Å². The van der Waals surface area contributed by atoms with Gasteiger partial charge in [-0.05, 0) is 31.0 Å². The van der Waals surface area contributed by atoms with Gasteiger partial charge < -0.3 is 4.90 Å². The highest BCUT2D eigenvalue weighted by molar-refractivity contribution is 5.47. The molecule has 3 rings (SSSR count). The average molecular weight is 281 g/mol. The summed E-state index contributed by atoms with van der Waals surface area (Å²) in [6, 6.07) is 15.5. The van der Waals surface area contributed by atoms with E-state index in [2.05, 4.69) is 71.3 Å². The van der Waals surface area contributed by atoms with Gasteiger partial charge in [-0.25, -0.2) is 4.98 Å². The Kier molecular flexibility index (Phi) is 4.20. The van der Waals surface area contributed by atoms with Gasteiger partial charge in [0.25, 0.3) is 0 Å². The second-order valence-corrected chi connectivity index (χ2v) is 5.92. The summed E-state index contributed by atoms with van der Waals surface area (Å²) in [7, 11) is 4.14. The van der Waals surface area contributed by atoms with Crippen molar-refractivity contribution in [1.29, 1.82) is 0 Å². The Bertz CT molecular complexity index is 580. The quantitative estimate of drug-likeness (QED) is 0.855. The lowest BCUT2D eigenvalue weighted by Crippen LogP contribution is -2.25. The van der Waals surface area contributed by atoms with E-state index in [0.717, 1.165) is 12.4 Å². The molecule has 0 amide bonds. The van der Waals surface area contributed by atoms with Crippen molar-refractivity contribution < 1.29 is 0 Å². The Hall–Kier alpha value is -1.87. The molecule has 1 aromatic carbocycles. The normalized spacial score (nSPS) is 18.9. The summed E-state index contributed by atoms with van der Waals surface area (Å²) < 4.78 is 0. The second kappa shape index (κ2) is 6.27. The van der Waals surface area contributed by atoms with Crippen molar-refractivity contribution >= 4 is 5.82 Å². The summed E-state index contributed by atoms with van der Waals surface area (Å²) in [5.41, 5.74) is 2.75. The predicted octanol–water partition coefficient (Wildman–Crippen LogP) is 3.48. The lowest BCUT2D eigenvalue weighted by molar-refractivity contribution is 0.248. The van der Waals surface area contributed by atoms with Crippen LogP contribution in [0.2, 0.25) is 0 Å². The molecule has 0 N–H and O–H groups in total. The number of rotatable bonds is 4. The molecule has 3 nitrogen and oxygen atoms in total. The highest BCUT2D eigenvalue weighted by Gasteiger charge is 2.28. The van der Waals surface area contributed by atoms with Gasteiger partial charge in [-0.1, -0.05) is 36.4 Å². The highest BCUT2D eigenvalue weighted by Crippen LogP contribution is 2.36. The van der Waals surface area contributed by atoms with Gasteiger partial charge in [-0.2, -0.15) is 0 Å². The molecule has 0 saturated carbocycles. The molecule has 1 fully saturated rings. The summed E-state index contributed by atoms with van der Waals surface area (Å²) >= 11 is 0. The molecule has 1 aliphatic rings. The number of hydrogen-bond donors (Lipinski definition) is 0. The zero-order valence-electron chi connectivity index (χ0n) is 12.9. The Morgan fingerprint density at radius 1 is 1.14 bits per heavy atom. The Balaban J connectivity index is 1.84. The summed E-state index contributed by atoms with van der Waals surface area (Å²) in [5, 5.41) is 0. The van der Waals surface area contributed by atoms with Crippen molar-refractivity contribution in [2.45, 2.75) is 25.4 Å². The molecule has 1 aromatic heterocycles. The number of benzene rings is 1. The van der Waals surface area contributed by atoms with Crippen molar-refractivity contribution in [2.75, 3.05) is 25.5 Å². The molecular formula is C18H23N3. The topological polar surface area (TPSA) is 19.4 Å². The van der Waals surface area contributed by atoms with Crippen LogP contribution in [0, 0.1) is 0 Å². The lowest BCUT2D eigenvalue weighted by Gasteiger charge is -2.27. The maximum Gasteiger partial charge on any atom is 0.132 e. The van der Waals surface area contributed by atoms with Gasteiger partial charge in [-0.3, -0.25) is 4.90 Å². The van der Waals surface area contributed by atoms with Gasteiger partial charge in [0.15, 0.2) is 0 Å². The fraction of sp³-hybridized carbons (Fsp3) is 0.389. The lowest BCUT2D eigenvalue weighted by atomic mass is 10.0. The van der Waals surface area contributed by atoms with Gasteiger partial charge in [0.05, 0.1) is 0 Å². The molecule has 21 heavy (non-hydrogen) atoms. The molecule has 1 aliphatic heterocycles. The molecule has 3 heteroatoms. The third-order valence-electron chi connectivity index (χ3n) is 4.19. The Morgan fingerprint density at radius 3 is 2.71 bits per heavy atom. The first kappa shape index (κ1) is 14.1. The fourth-order valence-electron chi connectivity index (χ4n) is 3.23. The minimum Gasteiger partial charge on any atom is -0.362 e.